The summed E-state index contributed by atoms with van der Waals surface area (Å²) in [4.78, 5) is 14.7. The summed E-state index contributed by atoms with van der Waals surface area (Å²) in [6, 6.07) is 7.87. The van der Waals surface area contributed by atoms with Gasteiger partial charge in [-0.3, -0.25) is 4.98 Å². The molecule has 3 aromatic rings. The molecule has 1 N–H and O–H groups in total. The van der Waals surface area contributed by atoms with E-state index >= 15 is 0 Å². The molecule has 94 valence electrons. The maximum atomic E-state index is 10.6. The van der Waals surface area contributed by atoms with Crippen molar-refractivity contribution in [3.05, 3.63) is 48.3 Å². The first kappa shape index (κ1) is 11.5. The van der Waals surface area contributed by atoms with Gasteiger partial charge < -0.3 is 9.67 Å². The van der Waals surface area contributed by atoms with Crippen LogP contribution in [0.25, 0.3) is 27.9 Å². The predicted octanol–water partition coefficient (Wildman–Crippen LogP) is 2.82. The highest BCUT2D eigenvalue weighted by molar-refractivity contribution is 6.08. The Hall–Kier alpha value is -2.62. The van der Waals surface area contributed by atoms with E-state index < -0.39 is 5.97 Å². The number of aromatic nitrogens is 2. The first-order valence-corrected chi connectivity index (χ1v) is 5.90. The van der Waals surface area contributed by atoms with Gasteiger partial charge in [0.05, 0.1) is 5.52 Å². The van der Waals surface area contributed by atoms with Crippen LogP contribution in [-0.4, -0.2) is 20.6 Å². The summed E-state index contributed by atoms with van der Waals surface area (Å²) in [6.07, 6.45) is 6.34. The van der Waals surface area contributed by atoms with Gasteiger partial charge in [-0.15, -0.1) is 0 Å². The van der Waals surface area contributed by atoms with Crippen LogP contribution in [0.4, 0.5) is 0 Å². The zero-order valence-corrected chi connectivity index (χ0v) is 10.4. The molecular weight excluding hydrogens is 240 g/mol. The number of aliphatic carboxylic acids is 1. The Balaban J connectivity index is 2.28. The van der Waals surface area contributed by atoms with Crippen LogP contribution in [0.1, 0.15) is 5.56 Å². The SMILES string of the molecule is Cn1c2ccncc2c2cc(/C=C/C(=O)O)ccc21. The number of fused-ring (bicyclic) bond motifs is 3. The van der Waals surface area contributed by atoms with Crippen LogP contribution in [0.15, 0.2) is 42.7 Å². The molecule has 0 radical (unpaired) electrons. The van der Waals surface area contributed by atoms with E-state index in [0.29, 0.717) is 0 Å². The second-order valence-corrected chi connectivity index (χ2v) is 4.40. The number of carboxylic acid groups (broad SMARTS) is 1. The van der Waals surface area contributed by atoms with Gasteiger partial charge >= 0.3 is 5.97 Å². The number of aryl methyl sites for hydroxylation is 1. The summed E-state index contributed by atoms with van der Waals surface area (Å²) in [7, 11) is 2.01. The average molecular weight is 252 g/mol. The van der Waals surface area contributed by atoms with Crippen LogP contribution >= 0.6 is 0 Å². The molecule has 4 heteroatoms. The van der Waals surface area contributed by atoms with E-state index in [1.807, 2.05) is 37.5 Å². The van der Waals surface area contributed by atoms with Crippen molar-refractivity contribution in [1.29, 1.82) is 0 Å². The second-order valence-electron chi connectivity index (χ2n) is 4.40. The quantitative estimate of drug-likeness (QED) is 0.713. The molecule has 0 spiro atoms. The van der Waals surface area contributed by atoms with Crippen molar-refractivity contribution in [2.75, 3.05) is 0 Å². The maximum absolute atomic E-state index is 10.6. The molecule has 0 unspecified atom stereocenters. The van der Waals surface area contributed by atoms with Crippen molar-refractivity contribution < 1.29 is 9.90 Å². The van der Waals surface area contributed by atoms with Gasteiger partial charge in [0.25, 0.3) is 0 Å². The molecule has 0 atom stereocenters. The summed E-state index contributed by atoms with van der Waals surface area (Å²) in [6.45, 7) is 0. The molecule has 2 heterocycles. The van der Waals surface area contributed by atoms with E-state index in [-0.39, 0.29) is 0 Å². The molecule has 0 bridgehead atoms. The van der Waals surface area contributed by atoms with Crippen molar-refractivity contribution >= 4 is 33.9 Å². The lowest BCUT2D eigenvalue weighted by Gasteiger charge is -1.98. The lowest BCUT2D eigenvalue weighted by molar-refractivity contribution is -0.131. The molecular formula is C15H12N2O2. The highest BCUT2D eigenvalue weighted by Gasteiger charge is 2.07. The Kier molecular flexibility index (Phi) is 2.56. The second kappa shape index (κ2) is 4.24. The van der Waals surface area contributed by atoms with E-state index in [9.17, 15) is 4.79 Å². The third kappa shape index (κ3) is 1.87. The lowest BCUT2D eigenvalue weighted by atomic mass is 10.1. The fraction of sp³-hybridized carbons (Fsp3) is 0.0667. The summed E-state index contributed by atoms with van der Waals surface area (Å²) in [5.74, 6) is -0.945. The van der Waals surface area contributed by atoms with Crippen LogP contribution in [0.5, 0.6) is 0 Å². The van der Waals surface area contributed by atoms with Crippen molar-refractivity contribution in [3.8, 4) is 0 Å². The summed E-state index contributed by atoms with van der Waals surface area (Å²) < 4.78 is 2.11. The lowest BCUT2D eigenvalue weighted by Crippen LogP contribution is -1.87. The number of nitrogens with zero attached hydrogens (tertiary/aromatic N) is 2. The average Bonchev–Trinajstić information content (AvgIpc) is 2.71. The Morgan fingerprint density at radius 3 is 2.84 bits per heavy atom. The standard InChI is InChI=1S/C15H12N2O2/c1-17-13-4-2-10(3-5-15(18)19)8-11(13)12-9-16-7-6-14(12)17/h2-9H,1H3,(H,18,19)/b5-3+. The van der Waals surface area contributed by atoms with Crippen molar-refractivity contribution in [2.45, 2.75) is 0 Å². The van der Waals surface area contributed by atoms with E-state index in [1.165, 1.54) is 0 Å². The Morgan fingerprint density at radius 2 is 2.05 bits per heavy atom. The first-order chi connectivity index (χ1) is 9.16. The van der Waals surface area contributed by atoms with Gasteiger partial charge in [-0.1, -0.05) is 6.07 Å². The molecule has 0 saturated carbocycles. The molecule has 0 aliphatic heterocycles. The van der Waals surface area contributed by atoms with Gasteiger partial charge in [0.2, 0.25) is 0 Å². The monoisotopic (exact) mass is 252 g/mol. The number of carboxylic acids is 1. The molecule has 2 aromatic heterocycles. The zero-order chi connectivity index (χ0) is 13.4. The largest absolute Gasteiger partial charge is 0.478 e. The predicted molar refractivity (Wildman–Crippen MR) is 74.9 cm³/mol. The van der Waals surface area contributed by atoms with Crippen molar-refractivity contribution in [3.63, 3.8) is 0 Å². The van der Waals surface area contributed by atoms with Crippen LogP contribution in [0.2, 0.25) is 0 Å². The van der Waals surface area contributed by atoms with Crippen LogP contribution in [0.3, 0.4) is 0 Å². The number of hydrogen-bond donors (Lipinski definition) is 1. The van der Waals surface area contributed by atoms with Gasteiger partial charge in [-0.2, -0.15) is 0 Å². The molecule has 0 aliphatic carbocycles. The Labute approximate surface area is 109 Å². The highest BCUT2D eigenvalue weighted by atomic mass is 16.4. The van der Waals surface area contributed by atoms with Crippen LogP contribution in [-0.2, 0) is 11.8 Å². The van der Waals surface area contributed by atoms with E-state index in [0.717, 1.165) is 33.4 Å². The zero-order valence-electron chi connectivity index (χ0n) is 10.4. The minimum absolute atomic E-state index is 0.867. The molecule has 0 fully saturated rings. The normalized spacial score (nSPS) is 11.6. The topological polar surface area (TPSA) is 55.1 Å². The van der Waals surface area contributed by atoms with Crippen LogP contribution < -0.4 is 0 Å². The molecule has 0 amide bonds. The van der Waals surface area contributed by atoms with Gasteiger partial charge in [0, 0.05) is 41.8 Å². The van der Waals surface area contributed by atoms with Crippen molar-refractivity contribution in [2.24, 2.45) is 7.05 Å². The summed E-state index contributed by atoms with van der Waals surface area (Å²) in [5.41, 5.74) is 3.09. The minimum atomic E-state index is -0.945. The van der Waals surface area contributed by atoms with Crippen LogP contribution in [0, 0.1) is 0 Å². The van der Waals surface area contributed by atoms with E-state index in [2.05, 4.69) is 9.55 Å². The van der Waals surface area contributed by atoms with E-state index in [1.54, 1.807) is 12.3 Å². The molecule has 0 saturated heterocycles. The fourth-order valence-corrected chi connectivity index (χ4v) is 2.35. The maximum Gasteiger partial charge on any atom is 0.328 e. The number of carbonyl (C=O) groups is 1. The fourth-order valence-electron chi connectivity index (χ4n) is 2.35. The third-order valence-electron chi connectivity index (χ3n) is 3.25. The highest BCUT2D eigenvalue weighted by Crippen LogP contribution is 2.28. The van der Waals surface area contributed by atoms with Gasteiger partial charge in [-0.05, 0) is 29.8 Å². The molecule has 0 aliphatic rings. The molecule has 4 nitrogen and oxygen atoms in total. The van der Waals surface area contributed by atoms with Crippen molar-refractivity contribution in [1.82, 2.24) is 9.55 Å². The smallest absolute Gasteiger partial charge is 0.328 e. The number of pyridine rings is 1. The van der Waals surface area contributed by atoms with Gasteiger partial charge in [-0.25, -0.2) is 4.79 Å². The number of benzene rings is 1. The first-order valence-electron chi connectivity index (χ1n) is 5.90. The third-order valence-corrected chi connectivity index (χ3v) is 3.25. The minimum Gasteiger partial charge on any atom is -0.478 e. The number of rotatable bonds is 2. The van der Waals surface area contributed by atoms with Gasteiger partial charge in [0.1, 0.15) is 0 Å². The Bertz CT molecular complexity index is 815. The van der Waals surface area contributed by atoms with E-state index in [4.69, 9.17) is 5.11 Å². The van der Waals surface area contributed by atoms with Gasteiger partial charge in [0.15, 0.2) is 0 Å². The summed E-state index contributed by atoms with van der Waals surface area (Å²) >= 11 is 0. The Morgan fingerprint density at radius 1 is 1.26 bits per heavy atom. The molecule has 19 heavy (non-hydrogen) atoms. The molecule has 1 aromatic carbocycles. The number of hydrogen-bond acceptors (Lipinski definition) is 2. The molecule has 3 rings (SSSR count). The summed E-state index contributed by atoms with van der Waals surface area (Å²) in [5, 5.41) is 10.8.